The number of nitrogens with zero attached hydrogens (tertiary/aromatic N) is 1. The molecule has 20 heavy (non-hydrogen) atoms. The molecule has 0 fully saturated rings. The van der Waals surface area contributed by atoms with Gasteiger partial charge in [-0.2, -0.15) is 0 Å². The first-order valence-electron chi connectivity index (χ1n) is 6.39. The summed E-state index contributed by atoms with van der Waals surface area (Å²) >= 11 is 0. The average molecular weight is 284 g/mol. The van der Waals surface area contributed by atoms with Crippen molar-refractivity contribution in [2.75, 3.05) is 33.5 Å². The molecule has 1 aromatic rings. The lowest BCUT2D eigenvalue weighted by molar-refractivity contribution is -0.385. The predicted octanol–water partition coefficient (Wildman–Crippen LogP) is 1.09. The SMILES string of the molecule is COCCNCc1ccc(OCCCO)c([N+](=O)[O-])c1. The van der Waals surface area contributed by atoms with E-state index in [9.17, 15) is 10.1 Å². The maximum absolute atomic E-state index is 11.0. The van der Waals surface area contributed by atoms with Crippen molar-refractivity contribution < 1.29 is 19.5 Å². The molecular formula is C13H20N2O5. The predicted molar refractivity (Wildman–Crippen MR) is 73.9 cm³/mol. The molecule has 0 aliphatic rings. The van der Waals surface area contributed by atoms with Crippen molar-refractivity contribution in [2.45, 2.75) is 13.0 Å². The van der Waals surface area contributed by atoms with E-state index in [1.807, 2.05) is 0 Å². The summed E-state index contributed by atoms with van der Waals surface area (Å²) in [7, 11) is 1.62. The molecule has 0 bridgehead atoms. The van der Waals surface area contributed by atoms with Crippen LogP contribution in [-0.4, -0.2) is 43.5 Å². The fourth-order valence-electron chi connectivity index (χ4n) is 1.59. The molecule has 1 aromatic carbocycles. The van der Waals surface area contributed by atoms with E-state index in [2.05, 4.69) is 5.32 Å². The van der Waals surface area contributed by atoms with Gasteiger partial charge in [0.1, 0.15) is 0 Å². The highest BCUT2D eigenvalue weighted by atomic mass is 16.6. The molecule has 0 unspecified atom stereocenters. The van der Waals surface area contributed by atoms with Crippen LogP contribution >= 0.6 is 0 Å². The van der Waals surface area contributed by atoms with Crippen molar-refractivity contribution in [1.82, 2.24) is 5.32 Å². The lowest BCUT2D eigenvalue weighted by Gasteiger charge is -2.08. The summed E-state index contributed by atoms with van der Waals surface area (Å²) in [5.41, 5.74) is 0.747. The van der Waals surface area contributed by atoms with Crippen LogP contribution in [0.2, 0.25) is 0 Å². The number of aliphatic hydroxyl groups is 1. The van der Waals surface area contributed by atoms with Crippen LogP contribution < -0.4 is 10.1 Å². The Morgan fingerprint density at radius 3 is 2.85 bits per heavy atom. The molecule has 0 aromatic heterocycles. The molecule has 7 nitrogen and oxygen atoms in total. The van der Waals surface area contributed by atoms with Gasteiger partial charge in [0.05, 0.1) is 18.1 Å². The van der Waals surface area contributed by atoms with Crippen LogP contribution in [0.4, 0.5) is 5.69 Å². The van der Waals surface area contributed by atoms with E-state index in [1.165, 1.54) is 6.07 Å². The highest BCUT2D eigenvalue weighted by molar-refractivity contribution is 5.48. The number of hydrogen-bond donors (Lipinski definition) is 2. The highest BCUT2D eigenvalue weighted by Crippen LogP contribution is 2.28. The van der Waals surface area contributed by atoms with Gasteiger partial charge in [-0.1, -0.05) is 6.07 Å². The largest absolute Gasteiger partial charge is 0.487 e. The summed E-state index contributed by atoms with van der Waals surface area (Å²) in [5, 5.41) is 22.8. The molecule has 0 saturated carbocycles. The second kappa shape index (κ2) is 9.24. The minimum absolute atomic E-state index is 0.00466. The third kappa shape index (κ3) is 5.52. The standard InChI is InChI=1S/C13H20N2O5/c1-19-8-5-14-10-11-3-4-13(20-7-2-6-16)12(9-11)15(17)18/h3-4,9,14,16H,2,5-8,10H2,1H3. The van der Waals surface area contributed by atoms with E-state index in [1.54, 1.807) is 19.2 Å². The van der Waals surface area contributed by atoms with Crippen molar-refractivity contribution in [1.29, 1.82) is 0 Å². The van der Waals surface area contributed by atoms with Crippen LogP contribution in [0.15, 0.2) is 18.2 Å². The van der Waals surface area contributed by atoms with Gasteiger partial charge in [0.15, 0.2) is 5.75 Å². The molecule has 0 atom stereocenters. The summed E-state index contributed by atoms with van der Waals surface area (Å²) in [6.07, 6.45) is 0.442. The van der Waals surface area contributed by atoms with Gasteiger partial charge in [-0.15, -0.1) is 0 Å². The van der Waals surface area contributed by atoms with Gasteiger partial charge < -0.3 is 19.9 Å². The van der Waals surface area contributed by atoms with Gasteiger partial charge in [0.25, 0.3) is 0 Å². The topological polar surface area (TPSA) is 93.9 Å². The molecular weight excluding hydrogens is 264 g/mol. The van der Waals surface area contributed by atoms with E-state index in [0.717, 1.165) is 5.56 Å². The van der Waals surface area contributed by atoms with Gasteiger partial charge in [0.2, 0.25) is 0 Å². The molecule has 0 amide bonds. The van der Waals surface area contributed by atoms with E-state index >= 15 is 0 Å². The number of nitro benzene ring substituents is 1. The molecule has 0 spiro atoms. The number of methoxy groups -OCH3 is 1. The number of nitrogens with one attached hydrogen (secondary N) is 1. The summed E-state index contributed by atoms with van der Waals surface area (Å²) in [6, 6.07) is 4.86. The van der Waals surface area contributed by atoms with Crippen LogP contribution in [-0.2, 0) is 11.3 Å². The molecule has 0 aliphatic carbocycles. The summed E-state index contributed by atoms with van der Waals surface area (Å²) < 4.78 is 10.2. The first-order chi connectivity index (χ1) is 9.69. The third-order valence-electron chi connectivity index (χ3n) is 2.59. The van der Waals surface area contributed by atoms with Gasteiger partial charge in [0, 0.05) is 39.3 Å². The number of rotatable bonds is 10. The monoisotopic (exact) mass is 284 g/mol. The first kappa shape index (κ1) is 16.4. The quantitative estimate of drug-likeness (QED) is 0.379. The smallest absolute Gasteiger partial charge is 0.311 e. The Morgan fingerprint density at radius 1 is 1.40 bits per heavy atom. The fourth-order valence-corrected chi connectivity index (χ4v) is 1.59. The lowest BCUT2D eigenvalue weighted by Crippen LogP contribution is -2.18. The molecule has 112 valence electrons. The van der Waals surface area contributed by atoms with Crippen molar-refractivity contribution in [2.24, 2.45) is 0 Å². The molecule has 0 heterocycles. The average Bonchev–Trinajstić information content (AvgIpc) is 2.44. The highest BCUT2D eigenvalue weighted by Gasteiger charge is 2.15. The van der Waals surface area contributed by atoms with E-state index in [0.29, 0.717) is 26.1 Å². The second-order valence-corrected chi connectivity index (χ2v) is 4.15. The third-order valence-corrected chi connectivity index (χ3v) is 2.59. The normalized spacial score (nSPS) is 10.5. The van der Waals surface area contributed by atoms with E-state index < -0.39 is 4.92 Å². The zero-order valence-electron chi connectivity index (χ0n) is 11.5. The first-order valence-corrected chi connectivity index (χ1v) is 6.39. The summed E-state index contributed by atoms with van der Waals surface area (Å²) in [6.45, 7) is 2.04. The number of ether oxygens (including phenoxy) is 2. The number of aliphatic hydroxyl groups excluding tert-OH is 1. The fraction of sp³-hybridized carbons (Fsp3) is 0.538. The Hall–Kier alpha value is -1.70. The van der Waals surface area contributed by atoms with Crippen molar-refractivity contribution in [3.05, 3.63) is 33.9 Å². The number of hydrogen-bond acceptors (Lipinski definition) is 6. The van der Waals surface area contributed by atoms with Crippen molar-refractivity contribution >= 4 is 5.69 Å². The Labute approximate surface area is 117 Å². The maximum atomic E-state index is 11.0. The molecule has 2 N–H and O–H groups in total. The Kier molecular flexibility index (Phi) is 7.56. The van der Waals surface area contributed by atoms with Crippen LogP contribution in [0.3, 0.4) is 0 Å². The minimum atomic E-state index is -0.465. The van der Waals surface area contributed by atoms with Crippen LogP contribution in [0.1, 0.15) is 12.0 Å². The van der Waals surface area contributed by atoms with E-state index in [4.69, 9.17) is 14.6 Å². The van der Waals surface area contributed by atoms with Gasteiger partial charge in [-0.3, -0.25) is 10.1 Å². The zero-order valence-corrected chi connectivity index (χ0v) is 11.5. The number of nitro groups is 1. The van der Waals surface area contributed by atoms with Gasteiger partial charge in [-0.25, -0.2) is 0 Å². The van der Waals surface area contributed by atoms with Crippen molar-refractivity contribution in [3.63, 3.8) is 0 Å². The van der Waals surface area contributed by atoms with Crippen LogP contribution in [0, 0.1) is 10.1 Å². The Morgan fingerprint density at radius 2 is 2.20 bits per heavy atom. The van der Waals surface area contributed by atoms with Crippen molar-refractivity contribution in [3.8, 4) is 5.75 Å². The molecule has 0 radical (unpaired) electrons. The molecule has 0 aliphatic heterocycles. The minimum Gasteiger partial charge on any atom is -0.487 e. The summed E-state index contributed by atoms with van der Waals surface area (Å²) in [4.78, 5) is 10.6. The lowest BCUT2D eigenvalue weighted by atomic mass is 10.2. The van der Waals surface area contributed by atoms with Crippen LogP contribution in [0.5, 0.6) is 5.75 Å². The maximum Gasteiger partial charge on any atom is 0.311 e. The van der Waals surface area contributed by atoms with Gasteiger partial charge in [-0.05, 0) is 11.6 Å². The molecule has 7 heteroatoms. The second-order valence-electron chi connectivity index (χ2n) is 4.15. The number of benzene rings is 1. The zero-order chi connectivity index (χ0) is 14.8. The molecule has 0 saturated heterocycles. The van der Waals surface area contributed by atoms with Crippen LogP contribution in [0.25, 0.3) is 0 Å². The summed E-state index contributed by atoms with van der Waals surface area (Å²) in [5.74, 6) is 0.226. The van der Waals surface area contributed by atoms with Gasteiger partial charge >= 0.3 is 5.69 Å². The Balaban J connectivity index is 2.66. The molecule has 1 rings (SSSR count). The Bertz CT molecular complexity index is 425. The van der Waals surface area contributed by atoms with E-state index in [-0.39, 0.29) is 24.7 Å².